The fraction of sp³-hybridized carbons (Fsp3) is 0.417. The maximum absolute atomic E-state index is 9.06. The van der Waals surface area contributed by atoms with Crippen LogP contribution in [0.15, 0.2) is 0 Å². The highest BCUT2D eigenvalue weighted by molar-refractivity contribution is 5.53. The highest BCUT2D eigenvalue weighted by atomic mass is 14.7. The van der Waals surface area contributed by atoms with Crippen molar-refractivity contribution in [2.45, 2.75) is 33.6 Å². The van der Waals surface area contributed by atoms with Crippen molar-refractivity contribution in [1.29, 1.82) is 10.5 Å². The molecule has 3 heteroatoms. The van der Waals surface area contributed by atoms with E-state index in [0.29, 0.717) is 22.5 Å². The van der Waals surface area contributed by atoms with Crippen molar-refractivity contribution in [2.75, 3.05) is 0 Å². The van der Waals surface area contributed by atoms with Gasteiger partial charge in [-0.25, -0.2) is 0 Å². The summed E-state index contributed by atoms with van der Waals surface area (Å²) in [5.74, 6) is 0.162. The van der Waals surface area contributed by atoms with Gasteiger partial charge in [0.25, 0.3) is 0 Å². The van der Waals surface area contributed by atoms with Crippen LogP contribution in [0.4, 0.5) is 0 Å². The zero-order chi connectivity index (χ0) is 11.6. The molecule has 0 saturated heterocycles. The molecule has 0 aliphatic carbocycles. The van der Waals surface area contributed by atoms with E-state index in [9.17, 15) is 0 Å². The molecule has 0 saturated carbocycles. The lowest BCUT2D eigenvalue weighted by molar-refractivity contribution is 0.843. The number of hydrogen-bond acceptors (Lipinski definition) is 3. The zero-order valence-electron chi connectivity index (χ0n) is 9.42. The average molecular weight is 199 g/mol. The Morgan fingerprint density at radius 1 is 1.00 bits per heavy atom. The van der Waals surface area contributed by atoms with Gasteiger partial charge in [0, 0.05) is 0 Å². The van der Waals surface area contributed by atoms with E-state index in [1.807, 2.05) is 13.8 Å². The summed E-state index contributed by atoms with van der Waals surface area (Å²) in [6, 6.07) is 4.27. The molecule has 1 aromatic rings. The molecule has 0 fully saturated rings. The Hall–Kier alpha value is -1.87. The smallest absolute Gasteiger partial charge is 0.101 e. The molecule has 76 valence electrons. The second kappa shape index (κ2) is 4.11. The van der Waals surface area contributed by atoms with E-state index in [0.717, 1.165) is 5.56 Å². The Bertz CT molecular complexity index is 435. The maximum Gasteiger partial charge on any atom is 0.101 e. The molecule has 1 aromatic heterocycles. The first-order valence-corrected chi connectivity index (χ1v) is 4.84. The van der Waals surface area contributed by atoms with Gasteiger partial charge in [0.15, 0.2) is 0 Å². The minimum Gasteiger partial charge on any atom is -0.256 e. The van der Waals surface area contributed by atoms with Crippen LogP contribution in [-0.2, 0) is 0 Å². The average Bonchev–Trinajstić information content (AvgIpc) is 2.16. The minimum absolute atomic E-state index is 0.162. The van der Waals surface area contributed by atoms with E-state index in [1.165, 1.54) is 0 Å². The normalized spacial score (nSPS) is 9.80. The molecular formula is C12H13N3. The third kappa shape index (κ3) is 1.82. The molecule has 1 heterocycles. The summed E-state index contributed by atoms with van der Waals surface area (Å²) in [4.78, 5) is 4.21. The lowest BCUT2D eigenvalue weighted by Crippen LogP contribution is -2.05. The van der Waals surface area contributed by atoms with Crippen molar-refractivity contribution >= 4 is 0 Å². The molecule has 0 aromatic carbocycles. The molecule has 3 nitrogen and oxygen atoms in total. The van der Waals surface area contributed by atoms with Crippen molar-refractivity contribution in [1.82, 2.24) is 4.98 Å². The molecule has 0 bridgehead atoms. The molecule has 0 amide bonds. The standard InChI is InChI=1S/C12H13N3/c1-7(2)12-10(5-13)8(3)15-9(4)11(12)6-14/h7H,1-4H3. The molecular weight excluding hydrogens is 186 g/mol. The first kappa shape index (κ1) is 11.2. The number of hydrogen-bond donors (Lipinski definition) is 0. The summed E-state index contributed by atoms with van der Waals surface area (Å²) in [7, 11) is 0. The van der Waals surface area contributed by atoms with Crippen molar-refractivity contribution in [3.05, 3.63) is 28.1 Å². The quantitative estimate of drug-likeness (QED) is 0.698. The van der Waals surface area contributed by atoms with E-state index >= 15 is 0 Å². The van der Waals surface area contributed by atoms with Gasteiger partial charge in [0.05, 0.1) is 22.5 Å². The Morgan fingerprint density at radius 2 is 1.40 bits per heavy atom. The molecule has 0 spiro atoms. The minimum atomic E-state index is 0.162. The van der Waals surface area contributed by atoms with Gasteiger partial charge in [-0.2, -0.15) is 10.5 Å². The second-order valence-electron chi connectivity index (χ2n) is 3.82. The predicted molar refractivity (Wildman–Crippen MR) is 57.2 cm³/mol. The largest absolute Gasteiger partial charge is 0.256 e. The van der Waals surface area contributed by atoms with Gasteiger partial charge < -0.3 is 0 Å². The third-order valence-corrected chi connectivity index (χ3v) is 2.40. The summed E-state index contributed by atoms with van der Waals surface area (Å²) in [6.07, 6.45) is 0. The van der Waals surface area contributed by atoms with Crippen LogP contribution in [0.2, 0.25) is 0 Å². The monoisotopic (exact) mass is 199 g/mol. The Labute approximate surface area is 90.0 Å². The highest BCUT2D eigenvalue weighted by Gasteiger charge is 2.17. The zero-order valence-corrected chi connectivity index (χ0v) is 9.42. The Balaban J connectivity index is 3.70. The number of nitriles is 2. The lowest BCUT2D eigenvalue weighted by Gasteiger charge is -2.13. The van der Waals surface area contributed by atoms with Crippen molar-refractivity contribution < 1.29 is 0 Å². The number of aromatic nitrogens is 1. The fourth-order valence-electron chi connectivity index (χ4n) is 1.74. The third-order valence-electron chi connectivity index (χ3n) is 2.40. The fourth-order valence-corrected chi connectivity index (χ4v) is 1.74. The van der Waals surface area contributed by atoms with Crippen molar-refractivity contribution in [3.63, 3.8) is 0 Å². The van der Waals surface area contributed by atoms with Gasteiger partial charge in [-0.15, -0.1) is 0 Å². The van der Waals surface area contributed by atoms with Gasteiger partial charge in [0.1, 0.15) is 12.1 Å². The molecule has 0 N–H and O–H groups in total. The number of nitrogens with zero attached hydrogens (tertiary/aromatic N) is 3. The van der Waals surface area contributed by atoms with Gasteiger partial charge >= 0.3 is 0 Å². The van der Waals surface area contributed by atoms with Crippen molar-refractivity contribution in [3.8, 4) is 12.1 Å². The van der Waals surface area contributed by atoms with E-state index in [2.05, 4.69) is 17.1 Å². The van der Waals surface area contributed by atoms with Gasteiger partial charge in [-0.3, -0.25) is 4.98 Å². The first-order valence-electron chi connectivity index (χ1n) is 4.84. The summed E-state index contributed by atoms with van der Waals surface area (Å²) < 4.78 is 0. The van der Waals surface area contributed by atoms with Crippen LogP contribution < -0.4 is 0 Å². The van der Waals surface area contributed by atoms with E-state index in [4.69, 9.17) is 10.5 Å². The number of rotatable bonds is 1. The van der Waals surface area contributed by atoms with Crippen molar-refractivity contribution in [2.24, 2.45) is 0 Å². The summed E-state index contributed by atoms with van der Waals surface area (Å²) in [5, 5.41) is 18.1. The van der Waals surface area contributed by atoms with Crippen LogP contribution in [0.1, 0.15) is 47.8 Å². The highest BCUT2D eigenvalue weighted by Crippen LogP contribution is 2.26. The lowest BCUT2D eigenvalue weighted by atomic mass is 9.91. The van der Waals surface area contributed by atoms with Crippen LogP contribution in [0.25, 0.3) is 0 Å². The first-order chi connectivity index (χ1) is 7.02. The summed E-state index contributed by atoms with van der Waals surface area (Å²) >= 11 is 0. The Kier molecular flexibility index (Phi) is 3.07. The molecule has 0 aliphatic heterocycles. The van der Waals surface area contributed by atoms with E-state index in [-0.39, 0.29) is 5.92 Å². The van der Waals surface area contributed by atoms with Crippen LogP contribution in [0.3, 0.4) is 0 Å². The molecule has 15 heavy (non-hydrogen) atoms. The maximum atomic E-state index is 9.06. The molecule has 0 unspecified atom stereocenters. The Morgan fingerprint density at radius 3 is 1.67 bits per heavy atom. The van der Waals surface area contributed by atoms with E-state index in [1.54, 1.807) is 13.8 Å². The summed E-state index contributed by atoms with van der Waals surface area (Å²) in [5.41, 5.74) is 3.33. The van der Waals surface area contributed by atoms with Gasteiger partial charge in [-0.1, -0.05) is 13.8 Å². The topological polar surface area (TPSA) is 60.5 Å². The number of pyridine rings is 1. The van der Waals surface area contributed by atoms with E-state index < -0.39 is 0 Å². The molecule has 1 rings (SSSR count). The van der Waals surface area contributed by atoms with Crippen LogP contribution in [0.5, 0.6) is 0 Å². The van der Waals surface area contributed by atoms with Crippen LogP contribution in [0, 0.1) is 36.5 Å². The molecule has 0 atom stereocenters. The molecule has 0 radical (unpaired) electrons. The predicted octanol–water partition coefficient (Wildman–Crippen LogP) is 2.57. The van der Waals surface area contributed by atoms with Gasteiger partial charge in [-0.05, 0) is 25.3 Å². The van der Waals surface area contributed by atoms with Crippen LogP contribution in [-0.4, -0.2) is 4.98 Å². The van der Waals surface area contributed by atoms with Crippen LogP contribution >= 0.6 is 0 Å². The second-order valence-corrected chi connectivity index (χ2v) is 3.82. The van der Waals surface area contributed by atoms with Gasteiger partial charge in [0.2, 0.25) is 0 Å². The number of aryl methyl sites for hydroxylation is 2. The summed E-state index contributed by atoms with van der Waals surface area (Å²) in [6.45, 7) is 7.57. The SMILES string of the molecule is Cc1nc(C)c(C#N)c(C(C)C)c1C#N. The molecule has 0 aliphatic rings.